The summed E-state index contributed by atoms with van der Waals surface area (Å²) in [5.41, 5.74) is 17.5. The molecule has 0 aliphatic rings. The fourth-order valence-corrected chi connectivity index (χ4v) is 13.4. The molecule has 10 heteroatoms. The van der Waals surface area contributed by atoms with Gasteiger partial charge in [0, 0.05) is 80.1 Å². The van der Waals surface area contributed by atoms with Crippen LogP contribution in [-0.2, 0) is 32.1 Å². The van der Waals surface area contributed by atoms with Gasteiger partial charge in [0.2, 0.25) is 0 Å². The van der Waals surface area contributed by atoms with Crippen molar-refractivity contribution < 1.29 is 23.5 Å². The van der Waals surface area contributed by atoms with Gasteiger partial charge in [0.05, 0.1) is 0 Å². The van der Waals surface area contributed by atoms with Gasteiger partial charge in [-0.15, -0.1) is 0 Å². The lowest BCUT2D eigenvalue weighted by atomic mass is 10.0. The van der Waals surface area contributed by atoms with Crippen molar-refractivity contribution in [3.8, 4) is 59.2 Å². The molecule has 0 aliphatic heterocycles. The zero-order valence-electron chi connectivity index (χ0n) is 71.9. The zero-order valence-corrected chi connectivity index (χ0v) is 76.0. The first-order chi connectivity index (χ1) is 56.4. The van der Waals surface area contributed by atoms with E-state index in [9.17, 15) is 0 Å². The topological polar surface area (TPSA) is 0 Å². The standard InChI is InChI=1S/5C22H25S.5FH/c5*1-2-3-4-5-6-7-8-19-9-11-20(12-10-19)13-14-21-15-17-22(23)18-16-21;;;;;/h5*9-12,15-18H,2-8H2,1H3;5*1H. The Kier molecular flexibility index (Phi) is 63.8. The Balaban J connectivity index is 0.000000742. The second kappa shape index (κ2) is 70.4. The summed E-state index contributed by atoms with van der Waals surface area (Å²) in [4.78, 5) is 4.28. The third-order valence-electron chi connectivity index (χ3n) is 19.9. The number of unbranched alkanes of at least 4 members (excludes halogenated alkanes) is 25. The minimum atomic E-state index is 0. The van der Waals surface area contributed by atoms with E-state index in [2.05, 4.69) is 215 Å². The van der Waals surface area contributed by atoms with Crippen LogP contribution >= 0.6 is 63.1 Å². The minimum Gasteiger partial charge on any atom is -0.269 e. The molecule has 0 bridgehead atoms. The Morgan fingerprint density at radius 3 is 0.358 bits per heavy atom. The summed E-state index contributed by atoms with van der Waals surface area (Å²) in [5, 5.41) is 0. The van der Waals surface area contributed by atoms with Crippen molar-refractivity contribution in [1.82, 2.24) is 0 Å². The maximum atomic E-state index is 5.08. The summed E-state index contributed by atoms with van der Waals surface area (Å²) in [6, 6.07) is 82.3. The third kappa shape index (κ3) is 52.0. The van der Waals surface area contributed by atoms with Crippen LogP contribution in [0.3, 0.4) is 0 Å². The molecule has 0 saturated heterocycles. The van der Waals surface area contributed by atoms with Crippen molar-refractivity contribution in [3.63, 3.8) is 0 Å². The zero-order chi connectivity index (χ0) is 81.7. The molecule has 5 radical (unpaired) electrons. The largest absolute Gasteiger partial charge is 0.269 e. The first kappa shape index (κ1) is 109. The van der Waals surface area contributed by atoms with Crippen molar-refractivity contribution in [2.45, 2.75) is 284 Å². The van der Waals surface area contributed by atoms with E-state index in [1.807, 2.05) is 121 Å². The Labute approximate surface area is 750 Å². The maximum Gasteiger partial charge on any atom is 0.0377 e. The summed E-state index contributed by atoms with van der Waals surface area (Å²) in [5.74, 6) is 32.0. The van der Waals surface area contributed by atoms with Crippen molar-refractivity contribution in [3.05, 3.63) is 326 Å². The molecule has 0 aromatic heterocycles. The Hall–Kier alpha value is -9.25. The van der Waals surface area contributed by atoms with Crippen LogP contribution in [0.2, 0.25) is 0 Å². The van der Waals surface area contributed by atoms with Crippen LogP contribution < -0.4 is 0 Å². The maximum absolute atomic E-state index is 5.08. The lowest BCUT2D eigenvalue weighted by molar-refractivity contribution is 0.607. The highest BCUT2D eigenvalue weighted by Gasteiger charge is 2.03. The summed E-state index contributed by atoms with van der Waals surface area (Å²) < 4.78 is 0. The number of hydrogen-bond acceptors (Lipinski definition) is 0. The SMILES string of the molecule is CCCCCCCCc1ccc(C#Cc2ccc([S])cc2)cc1.CCCCCCCCc1ccc(C#Cc2ccc([S])cc2)cc1.CCCCCCCCc1ccc(C#Cc2ccc([S])cc2)cc1.CCCCCCCCc1ccc(C#Cc2ccc([S])cc2)cc1.CCCCCCCCc1ccc(C#Cc2ccc([S])cc2)cc1.F.F.F.F.F. The van der Waals surface area contributed by atoms with Gasteiger partial charge >= 0.3 is 0 Å². The molecule has 10 aromatic carbocycles. The molecule has 0 fully saturated rings. The second-order valence-corrected chi connectivity index (χ2v) is 32.3. The fraction of sp³-hybridized carbons (Fsp3) is 0.364. The van der Waals surface area contributed by atoms with E-state index in [-0.39, 0.29) is 23.5 Å². The van der Waals surface area contributed by atoms with Gasteiger partial charge in [-0.3, -0.25) is 23.5 Å². The van der Waals surface area contributed by atoms with E-state index >= 15 is 0 Å². The van der Waals surface area contributed by atoms with Gasteiger partial charge in [0.15, 0.2) is 0 Å². The molecule has 0 atom stereocenters. The monoisotopic (exact) mass is 1710 g/mol. The van der Waals surface area contributed by atoms with Crippen LogP contribution in [0.15, 0.2) is 267 Å². The second-order valence-electron chi connectivity index (χ2n) is 29.9. The van der Waals surface area contributed by atoms with Crippen molar-refractivity contribution in [1.29, 1.82) is 0 Å². The van der Waals surface area contributed by atoms with Crippen molar-refractivity contribution in [2.75, 3.05) is 0 Å². The van der Waals surface area contributed by atoms with Gasteiger partial charge in [-0.25, -0.2) is 0 Å². The van der Waals surface area contributed by atoms with Gasteiger partial charge < -0.3 is 0 Å². The Morgan fingerprint density at radius 2 is 0.242 bits per heavy atom. The highest BCUT2D eigenvalue weighted by molar-refractivity contribution is 7.81. The molecule has 0 amide bonds. The molecule has 0 aliphatic carbocycles. The van der Waals surface area contributed by atoms with Gasteiger partial charge in [0.1, 0.15) is 0 Å². The fourth-order valence-electron chi connectivity index (χ4n) is 12.7. The minimum absolute atomic E-state index is 0. The number of hydrogen-bond donors (Lipinski definition) is 0. The van der Waals surface area contributed by atoms with E-state index in [0.29, 0.717) is 0 Å². The summed E-state index contributed by atoms with van der Waals surface area (Å²) in [7, 11) is 0. The van der Waals surface area contributed by atoms with Crippen LogP contribution in [0, 0.1) is 59.2 Å². The molecule has 10 rings (SSSR count). The van der Waals surface area contributed by atoms with Crippen molar-refractivity contribution >= 4 is 63.1 Å². The molecular weight excluding hydrogens is 1580 g/mol. The van der Waals surface area contributed by atoms with E-state index in [4.69, 9.17) is 63.1 Å². The molecule has 0 heterocycles. The van der Waals surface area contributed by atoms with Crippen LogP contribution in [-0.4, -0.2) is 0 Å². The Morgan fingerprint density at radius 1 is 0.142 bits per heavy atom. The predicted molar refractivity (Wildman–Crippen MR) is 522 cm³/mol. The highest BCUT2D eigenvalue weighted by atomic mass is 32.1. The quantitative estimate of drug-likeness (QED) is 0.0211. The average molecular weight is 1710 g/mol. The average Bonchev–Trinajstić information content (AvgIpc) is 0.908. The van der Waals surface area contributed by atoms with E-state index in [1.54, 1.807) is 0 Å². The summed E-state index contributed by atoms with van der Waals surface area (Å²) >= 11 is 25.4. The Bertz CT molecular complexity index is 3850. The van der Waals surface area contributed by atoms with Crippen molar-refractivity contribution in [2.24, 2.45) is 0 Å². The lowest BCUT2D eigenvalue weighted by Crippen LogP contribution is -1.87. The first-order valence-electron chi connectivity index (χ1n) is 43.3. The van der Waals surface area contributed by atoms with E-state index in [0.717, 1.165) is 80.1 Å². The van der Waals surface area contributed by atoms with Gasteiger partial charge in [-0.2, -0.15) is 0 Å². The van der Waals surface area contributed by atoms with Gasteiger partial charge in [-0.05, 0) is 274 Å². The molecule has 10 aromatic rings. The third-order valence-corrected chi connectivity index (χ3v) is 21.3. The molecule has 0 unspecified atom stereocenters. The number of benzene rings is 10. The van der Waals surface area contributed by atoms with Gasteiger partial charge in [0.25, 0.3) is 0 Å². The first-order valence-corrected chi connectivity index (χ1v) is 45.3. The van der Waals surface area contributed by atoms with E-state index < -0.39 is 0 Å². The smallest absolute Gasteiger partial charge is 0.0377 e. The summed E-state index contributed by atoms with van der Waals surface area (Å²) in [6.45, 7) is 11.3. The normalized spacial score (nSPS) is 9.71. The lowest BCUT2D eigenvalue weighted by Gasteiger charge is -2.02. The summed E-state index contributed by atoms with van der Waals surface area (Å²) in [6.07, 6.45) is 46.4. The number of aryl methyl sites for hydroxylation is 5. The van der Waals surface area contributed by atoms with Gasteiger partial charge in [-0.1, -0.05) is 378 Å². The van der Waals surface area contributed by atoms with Crippen LogP contribution in [0.4, 0.5) is 23.5 Å². The van der Waals surface area contributed by atoms with E-state index in [1.165, 1.54) is 253 Å². The predicted octanol–water partition coefficient (Wildman–Crippen LogP) is 33.5. The molecule has 120 heavy (non-hydrogen) atoms. The van der Waals surface area contributed by atoms with Crippen LogP contribution in [0.5, 0.6) is 0 Å². The molecule has 0 N–H and O–H groups in total. The molecule has 0 saturated carbocycles. The molecule has 0 nitrogen and oxygen atoms in total. The van der Waals surface area contributed by atoms with Crippen LogP contribution in [0.25, 0.3) is 0 Å². The number of halogens is 5. The number of rotatable bonds is 35. The molecule has 635 valence electrons. The highest BCUT2D eigenvalue weighted by Crippen LogP contribution is 2.20. The molecular formula is C110H130F5S5. The molecule has 0 spiro atoms. The van der Waals surface area contributed by atoms with Crippen LogP contribution in [0.1, 0.15) is 311 Å².